The van der Waals surface area contributed by atoms with Crippen LogP contribution in [0.15, 0.2) is 100.0 Å². The highest BCUT2D eigenvalue weighted by Crippen LogP contribution is 2.21. The number of hydrogen-bond acceptors (Lipinski definition) is 4. The second-order valence-electron chi connectivity index (χ2n) is 6.78. The van der Waals surface area contributed by atoms with Gasteiger partial charge in [0.2, 0.25) is 0 Å². The van der Waals surface area contributed by atoms with E-state index in [2.05, 4.69) is 15.2 Å². The maximum absolute atomic E-state index is 12.6. The van der Waals surface area contributed by atoms with Gasteiger partial charge in [0.15, 0.2) is 0 Å². The summed E-state index contributed by atoms with van der Waals surface area (Å²) in [6.45, 7) is 0. The molecule has 0 amide bonds. The van der Waals surface area contributed by atoms with Gasteiger partial charge in [-0.3, -0.25) is 9.36 Å². The number of hydrogen-bond donors (Lipinski definition) is 0. The molecule has 0 bridgehead atoms. The fourth-order valence-corrected chi connectivity index (χ4v) is 3.18. The van der Waals surface area contributed by atoms with Crippen molar-refractivity contribution in [3.63, 3.8) is 0 Å². The summed E-state index contributed by atoms with van der Waals surface area (Å²) in [7, 11) is 1.65. The summed E-state index contributed by atoms with van der Waals surface area (Å²) in [6, 6.07) is 24.7. The molecule has 0 radical (unpaired) electrons. The Morgan fingerprint density at radius 3 is 2.47 bits per heavy atom. The van der Waals surface area contributed by atoms with Gasteiger partial charge in [-0.25, -0.2) is 4.98 Å². The van der Waals surface area contributed by atoms with Gasteiger partial charge in [0.1, 0.15) is 0 Å². The van der Waals surface area contributed by atoms with E-state index in [0.717, 1.165) is 11.1 Å². The first-order valence-corrected chi connectivity index (χ1v) is 9.87. The fourth-order valence-electron chi connectivity index (χ4n) is 3.05. The van der Waals surface area contributed by atoms with Crippen molar-refractivity contribution in [1.82, 2.24) is 9.55 Å². The Morgan fingerprint density at radius 1 is 1.00 bits per heavy atom. The van der Waals surface area contributed by atoms with Crippen LogP contribution in [0.1, 0.15) is 11.1 Å². The summed E-state index contributed by atoms with van der Waals surface area (Å²) in [5.74, 6) is 0.257. The Balaban J connectivity index is 1.71. The summed E-state index contributed by atoms with van der Waals surface area (Å²) in [6.07, 6.45) is 2.67. The van der Waals surface area contributed by atoms with Crippen molar-refractivity contribution in [2.75, 3.05) is 0 Å². The summed E-state index contributed by atoms with van der Waals surface area (Å²) in [4.78, 5) is 17.1. The van der Waals surface area contributed by atoms with E-state index in [1.165, 1.54) is 4.57 Å². The number of halogens is 1. The molecule has 30 heavy (non-hydrogen) atoms. The molecule has 1 heterocycles. The third-order valence-electron chi connectivity index (χ3n) is 4.72. The lowest BCUT2D eigenvalue weighted by molar-refractivity contribution is 0.831. The minimum atomic E-state index is -0.152. The number of para-hydroxylation sites is 1. The molecule has 0 aliphatic heterocycles. The van der Waals surface area contributed by atoms with Crippen molar-refractivity contribution in [3.05, 3.63) is 111 Å². The van der Waals surface area contributed by atoms with Crippen LogP contribution in [0.4, 0.5) is 5.95 Å². The standard InChI is InChI=1S/C24H19ClN4O/c1-29-23(30)20-9-5-6-10-22(20)26-24(29)28-27-21(18-7-3-2-4-8-18)16-13-17-11-14-19(25)15-12-17/h2-12,14-16H,13H2,1H3/b21-16-,28-27?. The van der Waals surface area contributed by atoms with Crippen molar-refractivity contribution < 1.29 is 0 Å². The quantitative estimate of drug-likeness (QED) is 0.378. The van der Waals surface area contributed by atoms with Gasteiger partial charge >= 0.3 is 0 Å². The van der Waals surface area contributed by atoms with Gasteiger partial charge in [0, 0.05) is 17.6 Å². The van der Waals surface area contributed by atoms with Crippen LogP contribution in [-0.2, 0) is 13.5 Å². The molecular weight excluding hydrogens is 396 g/mol. The molecular formula is C24H19ClN4O. The zero-order chi connectivity index (χ0) is 20.9. The molecule has 0 aliphatic rings. The van der Waals surface area contributed by atoms with Gasteiger partial charge in [-0.2, -0.15) is 0 Å². The van der Waals surface area contributed by atoms with Crippen LogP contribution >= 0.6 is 11.6 Å². The van der Waals surface area contributed by atoms with Crippen LogP contribution in [0, 0.1) is 0 Å². The smallest absolute Gasteiger partial charge is 0.262 e. The summed E-state index contributed by atoms with van der Waals surface area (Å²) < 4.78 is 1.41. The second kappa shape index (κ2) is 8.84. The molecule has 6 heteroatoms. The van der Waals surface area contributed by atoms with Crippen LogP contribution in [0.5, 0.6) is 0 Å². The SMILES string of the molecule is Cn1c(N=N/C(=C\Cc2ccc(Cl)cc2)c2ccccc2)nc2ccccc2c1=O. The molecule has 148 valence electrons. The Hall–Kier alpha value is -3.57. The Morgan fingerprint density at radius 2 is 1.70 bits per heavy atom. The summed E-state index contributed by atoms with van der Waals surface area (Å²) >= 11 is 5.97. The van der Waals surface area contributed by atoms with Crippen LogP contribution in [0.2, 0.25) is 5.02 Å². The molecule has 0 spiro atoms. The van der Waals surface area contributed by atoms with E-state index >= 15 is 0 Å². The van der Waals surface area contributed by atoms with E-state index in [-0.39, 0.29) is 11.5 Å². The maximum atomic E-state index is 12.6. The summed E-state index contributed by atoms with van der Waals surface area (Å²) in [5, 5.41) is 10.0. The van der Waals surface area contributed by atoms with Gasteiger partial charge in [0.05, 0.1) is 16.6 Å². The van der Waals surface area contributed by atoms with E-state index in [1.54, 1.807) is 19.2 Å². The first-order chi connectivity index (χ1) is 14.6. The molecule has 1 aromatic heterocycles. The van der Waals surface area contributed by atoms with Crippen molar-refractivity contribution in [2.45, 2.75) is 6.42 Å². The predicted octanol–water partition coefficient (Wildman–Crippen LogP) is 5.95. The average Bonchev–Trinajstić information content (AvgIpc) is 2.78. The monoisotopic (exact) mass is 414 g/mol. The number of rotatable bonds is 5. The van der Waals surface area contributed by atoms with Gasteiger partial charge in [0.25, 0.3) is 11.5 Å². The number of azo groups is 1. The van der Waals surface area contributed by atoms with Gasteiger partial charge in [-0.15, -0.1) is 10.2 Å². The number of nitrogens with zero attached hydrogens (tertiary/aromatic N) is 4. The molecule has 0 saturated heterocycles. The van der Waals surface area contributed by atoms with Crippen molar-refractivity contribution >= 4 is 34.1 Å². The van der Waals surface area contributed by atoms with E-state index in [0.29, 0.717) is 28.0 Å². The van der Waals surface area contributed by atoms with E-state index in [9.17, 15) is 4.79 Å². The molecule has 0 unspecified atom stereocenters. The van der Waals surface area contributed by atoms with Crippen LogP contribution in [-0.4, -0.2) is 9.55 Å². The van der Waals surface area contributed by atoms with Gasteiger partial charge < -0.3 is 0 Å². The van der Waals surface area contributed by atoms with E-state index < -0.39 is 0 Å². The highest BCUT2D eigenvalue weighted by molar-refractivity contribution is 6.30. The molecule has 5 nitrogen and oxygen atoms in total. The van der Waals surface area contributed by atoms with Crippen molar-refractivity contribution in [2.24, 2.45) is 17.3 Å². The van der Waals surface area contributed by atoms with E-state index in [1.807, 2.05) is 72.8 Å². The maximum Gasteiger partial charge on any atom is 0.262 e. The van der Waals surface area contributed by atoms with Crippen molar-refractivity contribution in [1.29, 1.82) is 0 Å². The third kappa shape index (κ3) is 4.36. The number of benzene rings is 3. The lowest BCUT2D eigenvalue weighted by Crippen LogP contribution is -2.17. The molecule has 0 aliphatic carbocycles. The van der Waals surface area contributed by atoms with Crippen molar-refractivity contribution in [3.8, 4) is 0 Å². The fraction of sp³-hybridized carbons (Fsp3) is 0.0833. The molecule has 0 N–H and O–H groups in total. The molecule has 3 aromatic carbocycles. The average molecular weight is 415 g/mol. The number of fused-ring (bicyclic) bond motifs is 1. The summed E-state index contributed by atoms with van der Waals surface area (Å²) in [5.41, 5.74) is 3.19. The zero-order valence-electron chi connectivity index (χ0n) is 16.4. The first kappa shape index (κ1) is 19.7. The predicted molar refractivity (Wildman–Crippen MR) is 121 cm³/mol. The highest BCUT2D eigenvalue weighted by atomic mass is 35.5. The lowest BCUT2D eigenvalue weighted by atomic mass is 10.1. The zero-order valence-corrected chi connectivity index (χ0v) is 17.1. The molecule has 4 aromatic rings. The number of aromatic nitrogens is 2. The van der Waals surface area contributed by atoms with Gasteiger partial charge in [-0.05, 0) is 36.2 Å². The molecule has 0 atom stereocenters. The Bertz CT molecular complexity index is 1290. The van der Waals surface area contributed by atoms with E-state index in [4.69, 9.17) is 11.6 Å². The minimum absolute atomic E-state index is 0.152. The minimum Gasteiger partial charge on any atom is -0.278 e. The van der Waals surface area contributed by atoms with Crippen LogP contribution < -0.4 is 5.56 Å². The van der Waals surface area contributed by atoms with Crippen LogP contribution in [0.3, 0.4) is 0 Å². The first-order valence-electron chi connectivity index (χ1n) is 9.49. The highest BCUT2D eigenvalue weighted by Gasteiger charge is 2.08. The number of allylic oxidation sites excluding steroid dienone is 1. The topological polar surface area (TPSA) is 59.6 Å². The lowest BCUT2D eigenvalue weighted by Gasteiger charge is -2.05. The Kier molecular flexibility index (Phi) is 5.82. The Labute approximate surface area is 179 Å². The molecule has 0 fully saturated rings. The second-order valence-corrected chi connectivity index (χ2v) is 7.22. The van der Waals surface area contributed by atoms with Gasteiger partial charge in [-0.1, -0.05) is 72.3 Å². The van der Waals surface area contributed by atoms with Crippen LogP contribution in [0.25, 0.3) is 16.6 Å². The third-order valence-corrected chi connectivity index (χ3v) is 4.97. The molecule has 0 saturated carbocycles. The largest absolute Gasteiger partial charge is 0.278 e. The molecule has 4 rings (SSSR count). The normalized spacial score (nSPS) is 12.0.